The minimum Gasteiger partial charge on any atom is -0.493 e. The summed E-state index contributed by atoms with van der Waals surface area (Å²) in [5.74, 6) is 3.13. The van der Waals surface area contributed by atoms with E-state index in [4.69, 9.17) is 25.5 Å². The highest BCUT2D eigenvalue weighted by atomic mass is 79.9. The number of rotatable bonds is 8. The Morgan fingerprint density at radius 3 is 2.56 bits per heavy atom. The topological polar surface area (TPSA) is 43.6 Å². The molecule has 142 valence electrons. The van der Waals surface area contributed by atoms with Crippen molar-refractivity contribution >= 4 is 27.5 Å². The number of halogens is 2. The zero-order valence-corrected chi connectivity index (χ0v) is 17.6. The van der Waals surface area contributed by atoms with Crippen molar-refractivity contribution in [2.75, 3.05) is 20.8 Å². The quantitative estimate of drug-likeness (QED) is 0.446. The zero-order valence-electron chi connectivity index (χ0n) is 15.2. The fraction of sp³-hybridized carbons (Fsp3) is 0.238. The van der Waals surface area contributed by atoms with Crippen molar-refractivity contribution < 1.29 is 13.9 Å². The molecule has 0 fully saturated rings. The van der Waals surface area contributed by atoms with E-state index >= 15 is 0 Å². The van der Waals surface area contributed by atoms with Crippen LogP contribution in [0.4, 0.5) is 0 Å². The highest BCUT2D eigenvalue weighted by Crippen LogP contribution is 2.31. The van der Waals surface area contributed by atoms with E-state index in [1.807, 2.05) is 48.5 Å². The third-order valence-corrected chi connectivity index (χ3v) is 5.00. The van der Waals surface area contributed by atoms with Crippen molar-refractivity contribution in [3.8, 4) is 22.8 Å². The van der Waals surface area contributed by atoms with Gasteiger partial charge in [0.1, 0.15) is 11.5 Å². The number of methoxy groups -OCH3 is 2. The van der Waals surface area contributed by atoms with Crippen molar-refractivity contribution in [3.05, 3.63) is 69.3 Å². The smallest absolute Gasteiger partial charge is 0.160 e. The molecule has 3 rings (SSSR count). The van der Waals surface area contributed by atoms with Crippen LogP contribution in [-0.4, -0.2) is 20.8 Å². The van der Waals surface area contributed by atoms with E-state index in [-0.39, 0.29) is 0 Å². The van der Waals surface area contributed by atoms with Crippen LogP contribution in [-0.2, 0) is 13.0 Å². The van der Waals surface area contributed by atoms with Gasteiger partial charge in [-0.25, -0.2) is 0 Å². The second-order valence-electron chi connectivity index (χ2n) is 6.01. The first-order valence-electron chi connectivity index (χ1n) is 8.56. The average Bonchev–Trinajstić information content (AvgIpc) is 3.13. The highest BCUT2D eigenvalue weighted by molar-refractivity contribution is 9.10. The molecule has 4 nitrogen and oxygen atoms in total. The van der Waals surface area contributed by atoms with Gasteiger partial charge in [-0.15, -0.1) is 0 Å². The summed E-state index contributed by atoms with van der Waals surface area (Å²) in [6.07, 6.45) is 0.881. The zero-order chi connectivity index (χ0) is 19.2. The van der Waals surface area contributed by atoms with Crippen molar-refractivity contribution in [1.82, 2.24) is 5.32 Å². The Bertz CT molecular complexity index is 910. The number of nitrogens with one attached hydrogen (secondary N) is 1. The molecule has 0 amide bonds. The number of hydrogen-bond donors (Lipinski definition) is 1. The van der Waals surface area contributed by atoms with Gasteiger partial charge >= 0.3 is 0 Å². The van der Waals surface area contributed by atoms with Gasteiger partial charge < -0.3 is 19.2 Å². The maximum absolute atomic E-state index is 6.29. The van der Waals surface area contributed by atoms with Gasteiger partial charge in [0, 0.05) is 10.0 Å². The minimum atomic E-state index is 0.654. The Morgan fingerprint density at radius 1 is 1.00 bits per heavy atom. The third kappa shape index (κ3) is 5.06. The molecule has 0 spiro atoms. The number of furan rings is 1. The Labute approximate surface area is 172 Å². The predicted octanol–water partition coefficient (Wildman–Crippen LogP) is 5.71. The van der Waals surface area contributed by atoms with Gasteiger partial charge in [-0.3, -0.25) is 0 Å². The lowest BCUT2D eigenvalue weighted by molar-refractivity contribution is 0.354. The maximum Gasteiger partial charge on any atom is 0.160 e. The van der Waals surface area contributed by atoms with Gasteiger partial charge in [-0.1, -0.05) is 33.6 Å². The maximum atomic E-state index is 6.29. The SMILES string of the molecule is COc1ccc(CCNCc2ccc(-c3ccc(Br)cc3Cl)o2)cc1OC. The molecule has 27 heavy (non-hydrogen) atoms. The minimum absolute atomic E-state index is 0.654. The Balaban J connectivity index is 1.53. The fourth-order valence-corrected chi connectivity index (χ4v) is 3.55. The molecule has 2 aromatic carbocycles. The summed E-state index contributed by atoms with van der Waals surface area (Å²) < 4.78 is 17.5. The molecular formula is C21H21BrClNO3. The molecular weight excluding hydrogens is 430 g/mol. The molecule has 1 heterocycles. The first-order valence-corrected chi connectivity index (χ1v) is 9.73. The van der Waals surface area contributed by atoms with Gasteiger partial charge in [-0.05, 0) is 61.0 Å². The van der Waals surface area contributed by atoms with E-state index in [1.165, 1.54) is 5.56 Å². The van der Waals surface area contributed by atoms with Crippen LogP contribution in [0.3, 0.4) is 0 Å². The van der Waals surface area contributed by atoms with Crippen LogP contribution >= 0.6 is 27.5 Å². The number of ether oxygens (including phenoxy) is 2. The van der Waals surface area contributed by atoms with E-state index in [1.54, 1.807) is 14.2 Å². The summed E-state index contributed by atoms with van der Waals surface area (Å²) in [7, 11) is 3.28. The lowest BCUT2D eigenvalue weighted by Gasteiger charge is -2.09. The largest absolute Gasteiger partial charge is 0.493 e. The summed E-state index contributed by atoms with van der Waals surface area (Å²) in [5.41, 5.74) is 2.07. The van der Waals surface area contributed by atoms with Gasteiger partial charge in [0.05, 0.1) is 25.8 Å². The van der Waals surface area contributed by atoms with Crippen molar-refractivity contribution in [2.24, 2.45) is 0 Å². The van der Waals surface area contributed by atoms with Gasteiger partial charge in [0.2, 0.25) is 0 Å². The molecule has 0 aliphatic rings. The monoisotopic (exact) mass is 449 g/mol. The van der Waals surface area contributed by atoms with Crippen molar-refractivity contribution in [1.29, 1.82) is 0 Å². The molecule has 0 unspecified atom stereocenters. The van der Waals surface area contributed by atoms with E-state index in [9.17, 15) is 0 Å². The van der Waals surface area contributed by atoms with Crippen molar-refractivity contribution in [2.45, 2.75) is 13.0 Å². The normalized spacial score (nSPS) is 10.8. The second-order valence-corrected chi connectivity index (χ2v) is 7.33. The van der Waals surface area contributed by atoms with Crippen LogP contribution in [0.15, 0.2) is 57.4 Å². The molecule has 0 saturated carbocycles. The molecule has 0 bridgehead atoms. The van der Waals surface area contributed by atoms with E-state index in [0.29, 0.717) is 11.6 Å². The van der Waals surface area contributed by atoms with E-state index in [0.717, 1.165) is 46.0 Å². The third-order valence-electron chi connectivity index (χ3n) is 4.20. The van der Waals surface area contributed by atoms with Gasteiger partial charge in [0.25, 0.3) is 0 Å². The fourth-order valence-electron chi connectivity index (χ4n) is 2.79. The Morgan fingerprint density at radius 2 is 1.81 bits per heavy atom. The molecule has 0 atom stereocenters. The summed E-state index contributed by atoms with van der Waals surface area (Å²) >= 11 is 9.70. The van der Waals surface area contributed by atoms with E-state index in [2.05, 4.69) is 21.2 Å². The Kier molecular flexibility index (Phi) is 6.83. The Hall–Kier alpha value is -1.95. The molecule has 1 N–H and O–H groups in total. The summed E-state index contributed by atoms with van der Waals surface area (Å²) in [4.78, 5) is 0. The van der Waals surface area contributed by atoms with Crippen LogP contribution in [0.2, 0.25) is 5.02 Å². The van der Waals surface area contributed by atoms with Crippen LogP contribution in [0.5, 0.6) is 11.5 Å². The first-order chi connectivity index (χ1) is 13.1. The van der Waals surface area contributed by atoms with Crippen LogP contribution in [0, 0.1) is 0 Å². The summed E-state index contributed by atoms with van der Waals surface area (Å²) in [6, 6.07) is 15.6. The lowest BCUT2D eigenvalue weighted by atomic mass is 10.1. The molecule has 0 aliphatic heterocycles. The highest BCUT2D eigenvalue weighted by Gasteiger charge is 2.09. The van der Waals surface area contributed by atoms with E-state index < -0.39 is 0 Å². The first kappa shape index (κ1) is 19.8. The lowest BCUT2D eigenvalue weighted by Crippen LogP contribution is -2.16. The molecule has 0 radical (unpaired) electrons. The number of benzene rings is 2. The number of hydrogen-bond acceptors (Lipinski definition) is 4. The molecule has 6 heteroatoms. The van der Waals surface area contributed by atoms with Crippen LogP contribution < -0.4 is 14.8 Å². The van der Waals surface area contributed by atoms with Gasteiger partial charge in [0.15, 0.2) is 11.5 Å². The van der Waals surface area contributed by atoms with Gasteiger partial charge in [-0.2, -0.15) is 0 Å². The molecule has 1 aromatic heterocycles. The molecule has 0 saturated heterocycles. The molecule has 0 aliphatic carbocycles. The average molecular weight is 451 g/mol. The summed E-state index contributed by atoms with van der Waals surface area (Å²) in [6.45, 7) is 1.48. The van der Waals surface area contributed by atoms with Crippen LogP contribution in [0.25, 0.3) is 11.3 Å². The second kappa shape index (κ2) is 9.31. The van der Waals surface area contributed by atoms with Crippen molar-refractivity contribution in [3.63, 3.8) is 0 Å². The summed E-state index contributed by atoms with van der Waals surface area (Å²) in [5, 5.41) is 4.06. The van der Waals surface area contributed by atoms with Crippen LogP contribution in [0.1, 0.15) is 11.3 Å². The predicted molar refractivity (Wildman–Crippen MR) is 112 cm³/mol. The standard InChI is InChI=1S/C21H21BrClNO3/c1-25-20-7-3-14(11-21(20)26-2)9-10-24-13-16-5-8-19(27-16)17-6-4-15(22)12-18(17)23/h3-8,11-12,24H,9-10,13H2,1-2H3. The molecule has 3 aromatic rings.